The zero-order valence-corrected chi connectivity index (χ0v) is 13.3. The second-order valence-electron chi connectivity index (χ2n) is 5.66. The fourth-order valence-corrected chi connectivity index (χ4v) is 4.08. The minimum atomic E-state index is -3.77. The van der Waals surface area contributed by atoms with Crippen LogP contribution in [-0.4, -0.2) is 30.6 Å². The summed E-state index contributed by atoms with van der Waals surface area (Å²) >= 11 is 0. The van der Waals surface area contributed by atoms with E-state index >= 15 is 0 Å². The van der Waals surface area contributed by atoms with Gasteiger partial charge in [0, 0.05) is 5.56 Å². The molecule has 0 spiro atoms. The number of phenols is 1. The summed E-state index contributed by atoms with van der Waals surface area (Å²) in [6.07, 6.45) is 2.36. The second kappa shape index (κ2) is 6.66. The standard InChI is InChI=1S/C15H21NO5S/c1-2-3-4-11(17)7-10-5-6-12(13(18)8-10)14-9-15(19)16-22(14,20)21/h5-6,8,11,14,17-18H,2-4,7,9H2,1H3,(H,16,19). The van der Waals surface area contributed by atoms with Crippen LogP contribution in [0, 0.1) is 0 Å². The van der Waals surface area contributed by atoms with Crippen molar-refractivity contribution in [3.63, 3.8) is 0 Å². The monoisotopic (exact) mass is 327 g/mol. The summed E-state index contributed by atoms with van der Waals surface area (Å²) in [5.41, 5.74) is 0.949. The number of aliphatic hydroxyl groups excluding tert-OH is 1. The zero-order valence-electron chi connectivity index (χ0n) is 12.4. The SMILES string of the molecule is CCCCC(O)Cc1ccc(C2CC(=O)NS2(=O)=O)c(O)c1. The summed E-state index contributed by atoms with van der Waals surface area (Å²) in [5.74, 6) is -0.728. The molecule has 1 saturated heterocycles. The van der Waals surface area contributed by atoms with Crippen LogP contribution < -0.4 is 4.72 Å². The summed E-state index contributed by atoms with van der Waals surface area (Å²) in [6, 6.07) is 4.66. The van der Waals surface area contributed by atoms with Gasteiger partial charge in [-0.05, 0) is 24.5 Å². The maximum absolute atomic E-state index is 11.8. The Morgan fingerprint density at radius 2 is 2.14 bits per heavy atom. The summed E-state index contributed by atoms with van der Waals surface area (Å²) in [6.45, 7) is 2.05. The Bertz CT molecular complexity index is 656. The Kier molecular flexibility index (Phi) is 5.08. The van der Waals surface area contributed by atoms with Crippen molar-refractivity contribution in [2.75, 3.05) is 0 Å². The maximum Gasteiger partial charge on any atom is 0.242 e. The molecular formula is C15H21NO5S. The van der Waals surface area contributed by atoms with Crippen LogP contribution in [0.15, 0.2) is 18.2 Å². The molecule has 7 heteroatoms. The minimum absolute atomic E-state index is 0.162. The lowest BCUT2D eigenvalue weighted by molar-refractivity contribution is -0.118. The molecule has 1 fully saturated rings. The first-order chi connectivity index (χ1) is 10.3. The van der Waals surface area contributed by atoms with Crippen LogP contribution in [0.4, 0.5) is 0 Å². The quantitative estimate of drug-likeness (QED) is 0.732. The van der Waals surface area contributed by atoms with Gasteiger partial charge < -0.3 is 10.2 Å². The molecule has 1 aliphatic heterocycles. The molecule has 122 valence electrons. The van der Waals surface area contributed by atoms with Crippen molar-refractivity contribution in [3.8, 4) is 5.75 Å². The van der Waals surface area contributed by atoms with Gasteiger partial charge in [-0.1, -0.05) is 31.9 Å². The molecule has 0 aliphatic carbocycles. The first-order valence-electron chi connectivity index (χ1n) is 7.37. The molecule has 0 saturated carbocycles. The number of aromatic hydroxyl groups is 1. The largest absolute Gasteiger partial charge is 0.508 e. The van der Waals surface area contributed by atoms with Crippen LogP contribution in [0.2, 0.25) is 0 Å². The molecule has 0 bridgehead atoms. The van der Waals surface area contributed by atoms with E-state index in [1.807, 2.05) is 11.6 Å². The number of carbonyl (C=O) groups is 1. The third kappa shape index (κ3) is 3.78. The lowest BCUT2D eigenvalue weighted by Crippen LogP contribution is -2.21. The number of unbranched alkanes of at least 4 members (excludes halogenated alkanes) is 1. The topological polar surface area (TPSA) is 104 Å². The van der Waals surface area contributed by atoms with E-state index in [1.54, 1.807) is 6.07 Å². The maximum atomic E-state index is 11.8. The molecule has 2 atom stereocenters. The normalized spacial score (nSPS) is 21.5. The number of hydrogen-bond donors (Lipinski definition) is 3. The highest BCUT2D eigenvalue weighted by molar-refractivity contribution is 7.90. The number of phenolic OH excluding ortho intramolecular Hbond substituents is 1. The molecular weight excluding hydrogens is 306 g/mol. The summed E-state index contributed by atoms with van der Waals surface area (Å²) in [5, 5.41) is 18.9. The van der Waals surface area contributed by atoms with Gasteiger partial charge in [0.25, 0.3) is 0 Å². The third-order valence-electron chi connectivity index (χ3n) is 3.81. The first kappa shape index (κ1) is 16.8. The molecule has 3 N–H and O–H groups in total. The van der Waals surface area contributed by atoms with E-state index in [1.165, 1.54) is 12.1 Å². The van der Waals surface area contributed by atoms with Crippen molar-refractivity contribution in [3.05, 3.63) is 29.3 Å². The van der Waals surface area contributed by atoms with Crippen molar-refractivity contribution in [1.29, 1.82) is 0 Å². The van der Waals surface area contributed by atoms with Gasteiger partial charge in [0.05, 0.1) is 12.5 Å². The Hall–Kier alpha value is -1.60. The van der Waals surface area contributed by atoms with Crippen LogP contribution in [0.1, 0.15) is 49.0 Å². The highest BCUT2D eigenvalue weighted by atomic mass is 32.2. The fourth-order valence-electron chi connectivity index (χ4n) is 2.63. The van der Waals surface area contributed by atoms with E-state index in [-0.39, 0.29) is 17.7 Å². The van der Waals surface area contributed by atoms with Crippen LogP contribution in [0.3, 0.4) is 0 Å². The predicted octanol–water partition coefficient (Wildman–Crippen LogP) is 1.38. The van der Waals surface area contributed by atoms with Gasteiger partial charge in [-0.2, -0.15) is 0 Å². The fraction of sp³-hybridized carbons (Fsp3) is 0.533. The van der Waals surface area contributed by atoms with Crippen LogP contribution >= 0.6 is 0 Å². The molecule has 22 heavy (non-hydrogen) atoms. The number of nitrogens with one attached hydrogen (secondary N) is 1. The first-order valence-corrected chi connectivity index (χ1v) is 8.92. The Morgan fingerprint density at radius 3 is 2.68 bits per heavy atom. The van der Waals surface area contributed by atoms with E-state index < -0.39 is 27.3 Å². The van der Waals surface area contributed by atoms with Gasteiger partial charge >= 0.3 is 0 Å². The van der Waals surface area contributed by atoms with E-state index in [4.69, 9.17) is 0 Å². The molecule has 1 heterocycles. The van der Waals surface area contributed by atoms with Crippen LogP contribution in [0.25, 0.3) is 0 Å². The Balaban J connectivity index is 2.15. The molecule has 2 unspecified atom stereocenters. The highest BCUT2D eigenvalue weighted by Gasteiger charge is 2.39. The molecule has 2 rings (SSSR count). The van der Waals surface area contributed by atoms with E-state index in [0.717, 1.165) is 18.4 Å². The number of carbonyl (C=O) groups excluding carboxylic acids is 1. The lowest BCUT2D eigenvalue weighted by Gasteiger charge is -2.14. The molecule has 1 amide bonds. The smallest absolute Gasteiger partial charge is 0.242 e. The van der Waals surface area contributed by atoms with Gasteiger partial charge in [-0.15, -0.1) is 0 Å². The Labute approximate surface area is 130 Å². The molecule has 1 aromatic rings. The van der Waals surface area contributed by atoms with Crippen molar-refractivity contribution < 1.29 is 23.4 Å². The highest BCUT2D eigenvalue weighted by Crippen LogP contribution is 2.36. The predicted molar refractivity (Wildman–Crippen MR) is 81.8 cm³/mol. The van der Waals surface area contributed by atoms with Crippen molar-refractivity contribution in [1.82, 2.24) is 4.72 Å². The average molecular weight is 327 g/mol. The van der Waals surface area contributed by atoms with Gasteiger partial charge in [0.2, 0.25) is 15.9 Å². The number of rotatable bonds is 6. The number of hydrogen-bond acceptors (Lipinski definition) is 5. The second-order valence-corrected chi connectivity index (χ2v) is 7.52. The number of benzene rings is 1. The van der Waals surface area contributed by atoms with Gasteiger partial charge in [-0.25, -0.2) is 8.42 Å². The number of sulfonamides is 1. The summed E-state index contributed by atoms with van der Waals surface area (Å²) in [7, 11) is -3.77. The molecule has 6 nitrogen and oxygen atoms in total. The molecule has 1 aliphatic rings. The van der Waals surface area contributed by atoms with E-state index in [0.29, 0.717) is 12.8 Å². The third-order valence-corrected chi connectivity index (χ3v) is 5.49. The lowest BCUT2D eigenvalue weighted by atomic mass is 10.00. The summed E-state index contributed by atoms with van der Waals surface area (Å²) in [4.78, 5) is 11.3. The van der Waals surface area contributed by atoms with Crippen molar-refractivity contribution in [2.24, 2.45) is 0 Å². The number of aliphatic hydroxyl groups is 1. The molecule has 1 aromatic carbocycles. The summed E-state index contributed by atoms with van der Waals surface area (Å²) < 4.78 is 25.6. The van der Waals surface area contributed by atoms with Gasteiger partial charge in [-0.3, -0.25) is 9.52 Å². The van der Waals surface area contributed by atoms with Crippen LogP contribution in [-0.2, 0) is 21.2 Å². The van der Waals surface area contributed by atoms with Gasteiger partial charge in [0.1, 0.15) is 11.0 Å². The average Bonchev–Trinajstić information content (AvgIpc) is 2.69. The molecule has 0 aromatic heterocycles. The minimum Gasteiger partial charge on any atom is -0.508 e. The zero-order chi connectivity index (χ0) is 16.3. The van der Waals surface area contributed by atoms with E-state index in [9.17, 15) is 23.4 Å². The number of amides is 1. The van der Waals surface area contributed by atoms with Gasteiger partial charge in [0.15, 0.2) is 0 Å². The molecule has 0 radical (unpaired) electrons. The van der Waals surface area contributed by atoms with E-state index in [2.05, 4.69) is 0 Å². The van der Waals surface area contributed by atoms with Crippen LogP contribution in [0.5, 0.6) is 5.75 Å². The van der Waals surface area contributed by atoms with Crippen molar-refractivity contribution >= 4 is 15.9 Å². The Morgan fingerprint density at radius 1 is 1.41 bits per heavy atom. The van der Waals surface area contributed by atoms with Crippen molar-refractivity contribution in [2.45, 2.75) is 50.4 Å².